The summed E-state index contributed by atoms with van der Waals surface area (Å²) >= 11 is 0. The summed E-state index contributed by atoms with van der Waals surface area (Å²) in [5, 5.41) is 0.176. The van der Waals surface area contributed by atoms with Gasteiger partial charge in [0.2, 0.25) is 8.32 Å². The molecule has 0 aliphatic carbocycles. The van der Waals surface area contributed by atoms with Gasteiger partial charge in [-0.15, -0.1) is 0 Å². The molecule has 0 saturated heterocycles. The third kappa shape index (κ3) is 8.32. The van der Waals surface area contributed by atoms with Gasteiger partial charge in [0.05, 0.1) is 0 Å². The molecule has 1 nitrogen and oxygen atoms in total. The van der Waals surface area contributed by atoms with Crippen molar-refractivity contribution in [1.29, 1.82) is 0 Å². The van der Waals surface area contributed by atoms with Gasteiger partial charge < -0.3 is 4.80 Å². The van der Waals surface area contributed by atoms with Crippen molar-refractivity contribution in [3.63, 3.8) is 0 Å². The van der Waals surface area contributed by atoms with Gasteiger partial charge in [-0.1, -0.05) is 139 Å². The lowest BCUT2D eigenvalue weighted by Crippen LogP contribution is -2.61. The average Bonchev–Trinajstić information content (AvgIpc) is 2.65. The van der Waals surface area contributed by atoms with Gasteiger partial charge in [0.1, 0.15) is 0 Å². The molecule has 0 saturated carbocycles. The highest BCUT2D eigenvalue weighted by molar-refractivity contribution is 6.81. The molecule has 2 heteroatoms. The van der Waals surface area contributed by atoms with Gasteiger partial charge in [0, 0.05) is 0 Å². The fourth-order valence-electron chi connectivity index (χ4n) is 6.27. The zero-order valence-electron chi connectivity index (χ0n) is 22.1. The van der Waals surface area contributed by atoms with Crippen LogP contribution in [0.4, 0.5) is 0 Å². The van der Waals surface area contributed by atoms with Gasteiger partial charge in [0.25, 0.3) is 0 Å². The summed E-state index contributed by atoms with van der Waals surface area (Å²) in [6, 6.07) is 0. The Hall–Kier alpha value is 0.177. The van der Waals surface area contributed by atoms with E-state index in [-0.39, 0.29) is 15.1 Å². The molecule has 0 amide bonds. The Labute approximate surface area is 187 Å². The molecule has 0 unspecified atom stereocenters. The van der Waals surface area contributed by atoms with E-state index in [1.807, 2.05) is 0 Å². The Morgan fingerprint density at radius 1 is 0.448 bits per heavy atom. The van der Waals surface area contributed by atoms with Crippen molar-refractivity contribution in [3.05, 3.63) is 0 Å². The first kappa shape index (κ1) is 29.2. The molecule has 1 N–H and O–H groups in total. The molecule has 0 aromatic carbocycles. The summed E-state index contributed by atoms with van der Waals surface area (Å²) in [6.45, 7) is 21.4. The van der Waals surface area contributed by atoms with Crippen LogP contribution in [-0.4, -0.2) is 13.1 Å². The Morgan fingerprint density at radius 3 is 0.897 bits per heavy atom. The van der Waals surface area contributed by atoms with Crippen LogP contribution in [-0.2, 0) is 0 Å². The summed E-state index contributed by atoms with van der Waals surface area (Å²) in [7, 11) is -2.61. The third-order valence-electron chi connectivity index (χ3n) is 7.90. The maximum absolute atomic E-state index is 12.8. The molecule has 0 bridgehead atoms. The minimum Gasteiger partial charge on any atom is -0.430 e. The summed E-state index contributed by atoms with van der Waals surface area (Å²) in [5.41, 5.74) is 0. The summed E-state index contributed by atoms with van der Waals surface area (Å²) < 4.78 is 0. The van der Waals surface area contributed by atoms with E-state index >= 15 is 0 Å². The van der Waals surface area contributed by atoms with Crippen LogP contribution in [0, 0.1) is 0 Å². The number of hydrogen-bond donors (Lipinski definition) is 1. The van der Waals surface area contributed by atoms with Gasteiger partial charge >= 0.3 is 0 Å². The van der Waals surface area contributed by atoms with E-state index in [0.29, 0.717) is 0 Å². The van der Waals surface area contributed by atoms with E-state index in [1.165, 1.54) is 96.3 Å². The molecule has 0 spiro atoms. The van der Waals surface area contributed by atoms with Gasteiger partial charge in [-0.25, -0.2) is 0 Å². The minimum absolute atomic E-state index is 0.0588. The van der Waals surface area contributed by atoms with E-state index in [2.05, 4.69) is 62.3 Å². The first-order chi connectivity index (χ1) is 13.4. The molecular formula is C27H58OSi. The van der Waals surface area contributed by atoms with Gasteiger partial charge in [0.15, 0.2) is 0 Å². The molecule has 176 valence electrons. The lowest BCUT2D eigenvalue weighted by atomic mass is 10.0. The molecule has 0 rings (SSSR count). The second-order valence-corrected chi connectivity index (χ2v) is 17.3. The molecule has 0 radical (unpaired) electrons. The third-order valence-corrected chi connectivity index (χ3v) is 14.5. The number of hydrogen-bond acceptors (Lipinski definition) is 1. The van der Waals surface area contributed by atoms with Gasteiger partial charge in [-0.05, 0) is 34.4 Å². The predicted octanol–water partition coefficient (Wildman–Crippen LogP) is 10.2. The van der Waals surface area contributed by atoms with Crippen LogP contribution in [0.3, 0.4) is 0 Å². The van der Waals surface area contributed by atoms with Gasteiger partial charge in [-0.2, -0.15) is 0 Å². The summed E-state index contributed by atoms with van der Waals surface area (Å²) in [6.07, 6.45) is 19.2. The fraction of sp³-hybridized carbons (Fsp3) is 1.00. The van der Waals surface area contributed by atoms with Crippen LogP contribution < -0.4 is 0 Å². The molecule has 0 heterocycles. The Morgan fingerprint density at radius 2 is 0.690 bits per heavy atom. The predicted molar refractivity (Wildman–Crippen MR) is 136 cm³/mol. The molecule has 0 aliphatic rings. The zero-order valence-corrected chi connectivity index (χ0v) is 23.1. The quantitative estimate of drug-likeness (QED) is 0.171. The van der Waals surface area contributed by atoms with Crippen molar-refractivity contribution in [3.8, 4) is 0 Å². The number of rotatable bonds is 18. The molecule has 0 aliphatic heterocycles. The molecular weight excluding hydrogens is 368 g/mol. The lowest BCUT2D eigenvalue weighted by molar-refractivity contribution is 0.301. The second-order valence-electron chi connectivity index (χ2n) is 11.8. The van der Waals surface area contributed by atoms with Crippen molar-refractivity contribution >= 4 is 8.32 Å². The Balaban J connectivity index is 5.63. The van der Waals surface area contributed by atoms with E-state index in [4.69, 9.17) is 0 Å². The van der Waals surface area contributed by atoms with Crippen LogP contribution in [0.25, 0.3) is 0 Å². The topological polar surface area (TPSA) is 20.2 Å². The Kier molecular flexibility index (Phi) is 13.6. The van der Waals surface area contributed by atoms with Crippen LogP contribution in [0.5, 0.6) is 0 Å². The maximum atomic E-state index is 12.8. The highest BCUT2D eigenvalue weighted by Gasteiger charge is 2.63. The summed E-state index contributed by atoms with van der Waals surface area (Å²) in [4.78, 5) is 12.8. The SMILES string of the molecule is CCCCCCC(C)(C)[Si](O)(C(C)(C)CCCCCC)C(C)(C)CCCCCC. The smallest absolute Gasteiger partial charge is 0.205 e. The van der Waals surface area contributed by atoms with E-state index < -0.39 is 8.32 Å². The lowest BCUT2D eigenvalue weighted by Gasteiger charge is -2.58. The van der Waals surface area contributed by atoms with E-state index in [0.717, 1.165) is 0 Å². The highest BCUT2D eigenvalue weighted by atomic mass is 28.4. The largest absolute Gasteiger partial charge is 0.430 e. The van der Waals surface area contributed by atoms with Crippen LogP contribution in [0.1, 0.15) is 159 Å². The normalized spacial score (nSPS) is 13.9. The maximum Gasteiger partial charge on any atom is 0.205 e. The fourth-order valence-corrected chi connectivity index (χ4v) is 13.4. The second kappa shape index (κ2) is 13.6. The van der Waals surface area contributed by atoms with Crippen molar-refractivity contribution in [1.82, 2.24) is 0 Å². The summed E-state index contributed by atoms with van der Waals surface area (Å²) in [5.74, 6) is 0. The van der Waals surface area contributed by atoms with Crippen molar-refractivity contribution in [2.45, 2.75) is 174 Å². The monoisotopic (exact) mass is 426 g/mol. The van der Waals surface area contributed by atoms with Crippen LogP contribution in [0.15, 0.2) is 0 Å². The van der Waals surface area contributed by atoms with E-state index in [1.54, 1.807) is 0 Å². The molecule has 0 fully saturated rings. The van der Waals surface area contributed by atoms with Crippen molar-refractivity contribution < 1.29 is 4.80 Å². The van der Waals surface area contributed by atoms with Crippen molar-refractivity contribution in [2.24, 2.45) is 0 Å². The zero-order chi connectivity index (χ0) is 22.6. The average molecular weight is 427 g/mol. The van der Waals surface area contributed by atoms with Gasteiger partial charge in [-0.3, -0.25) is 0 Å². The molecule has 0 atom stereocenters. The molecule has 0 aromatic rings. The molecule has 0 aromatic heterocycles. The van der Waals surface area contributed by atoms with Crippen LogP contribution >= 0.6 is 0 Å². The highest BCUT2D eigenvalue weighted by Crippen LogP contribution is 2.65. The minimum atomic E-state index is -2.61. The Bertz CT molecular complexity index is 351. The standard InChI is InChI=1S/C27H58OSi/c1-10-13-16-19-22-25(4,5)29(28,26(6,7)23-20-17-14-11-2)27(8,9)24-21-18-15-12-3/h28H,10-24H2,1-9H3. The molecule has 29 heavy (non-hydrogen) atoms. The van der Waals surface area contributed by atoms with Crippen molar-refractivity contribution in [2.75, 3.05) is 0 Å². The number of unbranched alkanes of at least 4 members (excludes halogenated alkanes) is 9. The first-order valence-electron chi connectivity index (χ1n) is 13.2. The van der Waals surface area contributed by atoms with Crippen LogP contribution in [0.2, 0.25) is 15.1 Å². The van der Waals surface area contributed by atoms with E-state index in [9.17, 15) is 4.80 Å². The first-order valence-corrected chi connectivity index (χ1v) is 15.1.